The molecule has 0 fully saturated rings. The van der Waals surface area contributed by atoms with Crippen molar-refractivity contribution in [3.8, 4) is 22.9 Å². The normalized spacial score (nSPS) is 11.4. The quantitative estimate of drug-likeness (QED) is 0.892. The van der Waals surface area contributed by atoms with Crippen LogP contribution < -0.4 is 0 Å². The molecule has 0 unspecified atom stereocenters. The second kappa shape index (κ2) is 5.44. The Labute approximate surface area is 123 Å². The van der Waals surface area contributed by atoms with Crippen LogP contribution in [0.5, 0.6) is 5.75 Å². The third-order valence-electron chi connectivity index (χ3n) is 3.41. The Hall–Kier alpha value is -2.18. The molecule has 2 aromatic rings. The lowest BCUT2D eigenvalue weighted by Gasteiger charge is -2.06. The molecule has 3 nitrogen and oxygen atoms in total. The first-order valence-electron chi connectivity index (χ1n) is 6.22. The first kappa shape index (κ1) is 14.2. The van der Waals surface area contributed by atoms with Gasteiger partial charge in [-0.1, -0.05) is 29.8 Å². The lowest BCUT2D eigenvalue weighted by molar-refractivity contribution is 0.475. The molecule has 0 saturated carbocycles. The molecule has 0 atom stereocenters. The van der Waals surface area contributed by atoms with E-state index in [1.165, 1.54) is 0 Å². The predicted molar refractivity (Wildman–Crippen MR) is 81.6 cm³/mol. The largest absolute Gasteiger partial charge is 0.508 e. The lowest BCUT2D eigenvalue weighted by atomic mass is 9.97. The van der Waals surface area contributed by atoms with Crippen molar-refractivity contribution in [1.82, 2.24) is 4.57 Å². The Morgan fingerprint density at radius 2 is 1.95 bits per heavy atom. The van der Waals surface area contributed by atoms with Gasteiger partial charge in [0.05, 0.1) is 0 Å². The maximum atomic E-state index is 9.40. The molecule has 102 valence electrons. The number of halogens is 1. The number of phenolic OH excluding ortho intramolecular Hbond substituents is 1. The van der Waals surface area contributed by atoms with E-state index in [1.54, 1.807) is 35.9 Å². The third kappa shape index (κ3) is 2.19. The number of hydrogen-bond acceptors (Lipinski definition) is 2. The van der Waals surface area contributed by atoms with Crippen LogP contribution in [0.2, 0.25) is 5.15 Å². The highest BCUT2D eigenvalue weighted by molar-refractivity contribution is 6.33. The molecule has 0 aliphatic carbocycles. The summed E-state index contributed by atoms with van der Waals surface area (Å²) < 4.78 is 1.69. The number of hydrogen-bond donors (Lipinski definition) is 1. The Morgan fingerprint density at radius 3 is 2.45 bits per heavy atom. The summed E-state index contributed by atoms with van der Waals surface area (Å²) in [6, 6.07) is 9.02. The average Bonchev–Trinajstić information content (AvgIpc) is 2.71. The number of aromatic nitrogens is 1. The number of nitriles is 1. The van der Waals surface area contributed by atoms with Gasteiger partial charge in [0, 0.05) is 18.2 Å². The smallest absolute Gasteiger partial charge is 0.129 e. The van der Waals surface area contributed by atoms with Gasteiger partial charge < -0.3 is 9.67 Å². The standard InChI is InChI=1S/C16H15ClN2O/c1-4-10(2)14-13(9-18)19(3)16(17)15(14)11-5-7-12(20)8-6-11/h4-8,20H,1-3H3/b10-4-. The number of nitrogens with zero attached hydrogens (tertiary/aromatic N) is 2. The molecule has 0 bridgehead atoms. The van der Waals surface area contributed by atoms with Crippen LogP contribution in [0, 0.1) is 11.3 Å². The van der Waals surface area contributed by atoms with Crippen LogP contribution >= 0.6 is 11.6 Å². The van der Waals surface area contributed by atoms with Gasteiger partial charge in [-0.05, 0) is 37.1 Å². The molecule has 20 heavy (non-hydrogen) atoms. The number of rotatable bonds is 2. The van der Waals surface area contributed by atoms with E-state index < -0.39 is 0 Å². The van der Waals surface area contributed by atoms with Gasteiger partial charge in [-0.15, -0.1) is 0 Å². The van der Waals surface area contributed by atoms with Gasteiger partial charge in [0.1, 0.15) is 22.7 Å². The van der Waals surface area contributed by atoms with Crippen LogP contribution in [0.25, 0.3) is 16.7 Å². The highest BCUT2D eigenvalue weighted by Crippen LogP contribution is 2.39. The summed E-state index contributed by atoms with van der Waals surface area (Å²) in [6.45, 7) is 3.88. The van der Waals surface area contributed by atoms with Gasteiger partial charge >= 0.3 is 0 Å². The van der Waals surface area contributed by atoms with E-state index in [0.29, 0.717) is 10.8 Å². The zero-order chi connectivity index (χ0) is 14.9. The molecule has 1 N–H and O–H groups in total. The van der Waals surface area contributed by atoms with Crippen LogP contribution in [0.15, 0.2) is 30.3 Å². The van der Waals surface area contributed by atoms with Crippen molar-refractivity contribution in [2.24, 2.45) is 7.05 Å². The molecule has 0 saturated heterocycles. The minimum Gasteiger partial charge on any atom is -0.508 e. The third-order valence-corrected chi connectivity index (χ3v) is 3.85. The molecule has 4 heteroatoms. The van der Waals surface area contributed by atoms with E-state index in [1.807, 2.05) is 19.9 Å². The Morgan fingerprint density at radius 1 is 1.35 bits per heavy atom. The predicted octanol–water partition coefficient (Wildman–Crippen LogP) is 4.35. The Balaban J connectivity index is 2.82. The fourth-order valence-electron chi connectivity index (χ4n) is 2.21. The van der Waals surface area contributed by atoms with E-state index in [0.717, 1.165) is 22.3 Å². The van der Waals surface area contributed by atoms with E-state index in [2.05, 4.69) is 6.07 Å². The molecule has 0 amide bonds. The SMILES string of the molecule is C/C=C(/C)c1c(-c2ccc(O)cc2)c(Cl)n(C)c1C#N. The second-order valence-electron chi connectivity index (χ2n) is 4.58. The zero-order valence-corrected chi connectivity index (χ0v) is 12.4. The van der Waals surface area contributed by atoms with Gasteiger partial charge in [-0.25, -0.2) is 0 Å². The first-order valence-corrected chi connectivity index (χ1v) is 6.60. The lowest BCUT2D eigenvalue weighted by Crippen LogP contribution is -1.93. The minimum absolute atomic E-state index is 0.200. The number of benzene rings is 1. The first-order chi connectivity index (χ1) is 9.51. The summed E-state index contributed by atoms with van der Waals surface area (Å²) in [4.78, 5) is 0. The van der Waals surface area contributed by atoms with Crippen molar-refractivity contribution in [1.29, 1.82) is 5.26 Å². The average molecular weight is 287 g/mol. The second-order valence-corrected chi connectivity index (χ2v) is 4.94. The van der Waals surface area contributed by atoms with Crippen LogP contribution in [0.1, 0.15) is 25.1 Å². The van der Waals surface area contributed by atoms with E-state index in [4.69, 9.17) is 11.6 Å². The number of aromatic hydroxyl groups is 1. The van der Waals surface area contributed by atoms with Crippen molar-refractivity contribution in [2.45, 2.75) is 13.8 Å². The molecule has 1 aromatic heterocycles. The highest BCUT2D eigenvalue weighted by atomic mass is 35.5. The Kier molecular flexibility index (Phi) is 3.87. The summed E-state index contributed by atoms with van der Waals surface area (Å²) in [5, 5.41) is 19.3. The molecule has 2 rings (SSSR count). The van der Waals surface area contributed by atoms with Crippen LogP contribution in [0.3, 0.4) is 0 Å². The van der Waals surface area contributed by atoms with Crippen LogP contribution in [-0.2, 0) is 7.05 Å². The maximum absolute atomic E-state index is 9.40. The molecular formula is C16H15ClN2O. The monoisotopic (exact) mass is 286 g/mol. The van der Waals surface area contributed by atoms with Crippen molar-refractivity contribution in [2.75, 3.05) is 0 Å². The van der Waals surface area contributed by atoms with Crippen molar-refractivity contribution in [3.05, 3.63) is 46.8 Å². The number of allylic oxidation sites excluding steroid dienone is 2. The molecule has 1 heterocycles. The highest BCUT2D eigenvalue weighted by Gasteiger charge is 2.21. The van der Waals surface area contributed by atoms with Gasteiger partial charge in [-0.3, -0.25) is 0 Å². The van der Waals surface area contributed by atoms with E-state index >= 15 is 0 Å². The van der Waals surface area contributed by atoms with Gasteiger partial charge in [0.2, 0.25) is 0 Å². The van der Waals surface area contributed by atoms with Crippen LogP contribution in [0.4, 0.5) is 0 Å². The van der Waals surface area contributed by atoms with Crippen LogP contribution in [-0.4, -0.2) is 9.67 Å². The Bertz CT molecular complexity index is 718. The van der Waals surface area contributed by atoms with Crippen molar-refractivity contribution < 1.29 is 5.11 Å². The minimum atomic E-state index is 0.200. The number of phenols is 1. The maximum Gasteiger partial charge on any atom is 0.129 e. The van der Waals surface area contributed by atoms with Gasteiger partial charge in [0.15, 0.2) is 0 Å². The summed E-state index contributed by atoms with van der Waals surface area (Å²) in [5.41, 5.74) is 4.07. The fourth-order valence-corrected chi connectivity index (χ4v) is 2.49. The molecule has 0 spiro atoms. The molecular weight excluding hydrogens is 272 g/mol. The molecule has 0 aliphatic heterocycles. The van der Waals surface area contributed by atoms with Crippen molar-refractivity contribution in [3.63, 3.8) is 0 Å². The summed E-state index contributed by atoms with van der Waals surface area (Å²) in [6.07, 6.45) is 1.95. The van der Waals surface area contributed by atoms with Gasteiger partial charge in [0.25, 0.3) is 0 Å². The zero-order valence-electron chi connectivity index (χ0n) is 11.6. The molecule has 0 radical (unpaired) electrons. The summed E-state index contributed by atoms with van der Waals surface area (Å²) in [7, 11) is 1.78. The topological polar surface area (TPSA) is 49.0 Å². The fraction of sp³-hybridized carbons (Fsp3) is 0.188. The van der Waals surface area contributed by atoms with Crippen molar-refractivity contribution >= 4 is 17.2 Å². The van der Waals surface area contributed by atoms with E-state index in [9.17, 15) is 10.4 Å². The molecule has 0 aliphatic rings. The van der Waals surface area contributed by atoms with E-state index in [-0.39, 0.29) is 5.75 Å². The molecule has 1 aromatic carbocycles. The summed E-state index contributed by atoms with van der Waals surface area (Å²) in [5.74, 6) is 0.200. The summed E-state index contributed by atoms with van der Waals surface area (Å²) >= 11 is 6.40. The van der Waals surface area contributed by atoms with Gasteiger partial charge in [-0.2, -0.15) is 5.26 Å².